The highest BCUT2D eigenvalue weighted by Gasteiger charge is 2.41. The molecule has 0 unspecified atom stereocenters. The number of carbonyl (C=O) groups is 2. The van der Waals surface area contributed by atoms with Crippen molar-refractivity contribution >= 4 is 11.8 Å². The number of hydrogen-bond donors (Lipinski definition) is 2. The topological polar surface area (TPSA) is 103 Å². The molecule has 0 saturated heterocycles. The van der Waals surface area contributed by atoms with Gasteiger partial charge < -0.3 is 29.4 Å². The molecule has 1 aliphatic carbocycles. The van der Waals surface area contributed by atoms with E-state index >= 15 is 0 Å². The number of benzene rings is 2. The van der Waals surface area contributed by atoms with Crippen LogP contribution in [0.15, 0.2) is 65.0 Å². The average molecular weight is 494 g/mol. The maximum Gasteiger partial charge on any atom is 0.336 e. The number of carbonyl (C=O) groups excluding carboxylic acids is 2. The van der Waals surface area contributed by atoms with Crippen LogP contribution in [0, 0.1) is 0 Å². The van der Waals surface area contributed by atoms with Crippen molar-refractivity contribution in [2.24, 2.45) is 0 Å². The molecular formula is C28H31NO7. The van der Waals surface area contributed by atoms with Crippen molar-refractivity contribution in [2.45, 2.75) is 31.6 Å². The highest BCUT2D eigenvalue weighted by molar-refractivity contribution is 6.04. The molecule has 1 heterocycles. The summed E-state index contributed by atoms with van der Waals surface area (Å²) >= 11 is 0. The van der Waals surface area contributed by atoms with Crippen LogP contribution in [0.5, 0.6) is 17.2 Å². The molecule has 0 radical (unpaired) electrons. The van der Waals surface area contributed by atoms with E-state index < -0.39 is 11.9 Å². The lowest BCUT2D eigenvalue weighted by atomic mass is 9.71. The van der Waals surface area contributed by atoms with E-state index in [1.165, 1.54) is 7.11 Å². The van der Waals surface area contributed by atoms with Crippen LogP contribution in [0.3, 0.4) is 0 Å². The first-order valence-corrected chi connectivity index (χ1v) is 11.8. The van der Waals surface area contributed by atoms with Gasteiger partial charge in [0.15, 0.2) is 17.3 Å². The minimum atomic E-state index is -0.601. The number of allylic oxidation sites excluding steroid dienone is 3. The van der Waals surface area contributed by atoms with Crippen LogP contribution in [-0.2, 0) is 19.1 Å². The van der Waals surface area contributed by atoms with Crippen LogP contribution in [0.1, 0.15) is 42.7 Å². The van der Waals surface area contributed by atoms with E-state index in [-0.39, 0.29) is 37.1 Å². The fourth-order valence-electron chi connectivity index (χ4n) is 4.95. The number of rotatable bonds is 8. The first-order chi connectivity index (χ1) is 17.4. The Morgan fingerprint density at radius 1 is 0.972 bits per heavy atom. The third-order valence-electron chi connectivity index (χ3n) is 6.67. The van der Waals surface area contributed by atoms with Gasteiger partial charge in [-0.15, -0.1) is 0 Å². The predicted octanol–water partition coefficient (Wildman–Crippen LogP) is 3.96. The monoisotopic (exact) mass is 493 g/mol. The lowest BCUT2D eigenvalue weighted by Crippen LogP contribution is -2.36. The van der Waals surface area contributed by atoms with Crippen LogP contribution in [0.4, 0.5) is 0 Å². The Morgan fingerprint density at radius 3 is 2.33 bits per heavy atom. The van der Waals surface area contributed by atoms with E-state index in [9.17, 15) is 14.7 Å². The second-order valence-corrected chi connectivity index (χ2v) is 8.85. The van der Waals surface area contributed by atoms with E-state index in [1.807, 2.05) is 25.1 Å². The summed E-state index contributed by atoms with van der Waals surface area (Å²) in [5.74, 6) is 0.130. The Labute approximate surface area is 210 Å². The number of phenols is 1. The first-order valence-electron chi connectivity index (χ1n) is 11.8. The minimum Gasteiger partial charge on any atom is -0.508 e. The van der Waals surface area contributed by atoms with Crippen LogP contribution >= 0.6 is 0 Å². The van der Waals surface area contributed by atoms with E-state index in [1.54, 1.807) is 38.5 Å². The number of ketones is 1. The molecule has 8 nitrogen and oxygen atoms in total. The van der Waals surface area contributed by atoms with Crippen LogP contribution in [0.25, 0.3) is 0 Å². The zero-order chi connectivity index (χ0) is 25.8. The van der Waals surface area contributed by atoms with Gasteiger partial charge in [-0.25, -0.2) is 4.79 Å². The molecule has 0 aromatic heterocycles. The fraction of sp³-hybridized carbons (Fsp3) is 0.357. The van der Waals surface area contributed by atoms with Crippen LogP contribution in [-0.4, -0.2) is 51.4 Å². The van der Waals surface area contributed by atoms with Gasteiger partial charge >= 0.3 is 5.97 Å². The highest BCUT2D eigenvalue weighted by atomic mass is 16.6. The summed E-state index contributed by atoms with van der Waals surface area (Å²) in [4.78, 5) is 26.8. The van der Waals surface area contributed by atoms with E-state index in [4.69, 9.17) is 18.9 Å². The zero-order valence-electron chi connectivity index (χ0n) is 20.9. The van der Waals surface area contributed by atoms with Crippen molar-refractivity contribution in [3.05, 3.63) is 76.1 Å². The SMILES string of the molecule is COCCOC(=O)C1=C(C)NC2=C(C(=O)C[C@@H](c3ccc(OC)c(OC)c3)C2)[C@H]1c1ccc(O)cc1. The van der Waals surface area contributed by atoms with E-state index in [0.717, 1.165) is 16.8 Å². The second kappa shape index (κ2) is 10.9. The number of phenolic OH excluding ortho intramolecular Hbond substituents is 1. The van der Waals surface area contributed by atoms with E-state index in [2.05, 4.69) is 5.32 Å². The van der Waals surface area contributed by atoms with Crippen molar-refractivity contribution in [1.29, 1.82) is 0 Å². The molecule has 4 rings (SSSR count). The van der Waals surface area contributed by atoms with Crippen molar-refractivity contribution < 1.29 is 33.6 Å². The molecule has 190 valence electrons. The van der Waals surface area contributed by atoms with Gasteiger partial charge in [-0.05, 0) is 54.7 Å². The smallest absolute Gasteiger partial charge is 0.336 e. The van der Waals surface area contributed by atoms with Crippen LogP contribution < -0.4 is 14.8 Å². The molecule has 2 aliphatic rings. The molecule has 0 saturated carbocycles. The average Bonchev–Trinajstić information content (AvgIpc) is 2.87. The number of Topliss-reactive ketones (excluding diaryl/α,β-unsaturated/α-hetero) is 1. The Kier molecular flexibility index (Phi) is 7.64. The molecule has 1 aliphatic heterocycles. The van der Waals surface area contributed by atoms with Gasteiger partial charge in [0.2, 0.25) is 0 Å². The summed E-state index contributed by atoms with van der Waals surface area (Å²) in [7, 11) is 4.70. The molecule has 0 bridgehead atoms. The number of esters is 1. The molecule has 0 fully saturated rings. The third-order valence-corrected chi connectivity index (χ3v) is 6.67. The van der Waals surface area contributed by atoms with Gasteiger partial charge in [0.1, 0.15) is 12.4 Å². The molecule has 2 N–H and O–H groups in total. The number of ether oxygens (including phenoxy) is 4. The van der Waals surface area contributed by atoms with Crippen molar-refractivity contribution in [3.8, 4) is 17.2 Å². The molecule has 2 atom stereocenters. The van der Waals surface area contributed by atoms with Crippen LogP contribution in [0.2, 0.25) is 0 Å². The van der Waals surface area contributed by atoms with E-state index in [0.29, 0.717) is 34.8 Å². The molecular weight excluding hydrogens is 462 g/mol. The number of hydrogen-bond acceptors (Lipinski definition) is 8. The fourth-order valence-corrected chi connectivity index (χ4v) is 4.95. The largest absolute Gasteiger partial charge is 0.508 e. The predicted molar refractivity (Wildman–Crippen MR) is 133 cm³/mol. The van der Waals surface area contributed by atoms with Gasteiger partial charge in [-0.1, -0.05) is 18.2 Å². The van der Waals surface area contributed by atoms with Crippen molar-refractivity contribution in [2.75, 3.05) is 34.5 Å². The van der Waals surface area contributed by atoms with Crippen molar-refractivity contribution in [1.82, 2.24) is 5.32 Å². The number of dihydropyridines is 1. The van der Waals surface area contributed by atoms with Gasteiger partial charge in [0, 0.05) is 36.4 Å². The Hall–Kier alpha value is -3.78. The normalized spacial score (nSPS) is 19.5. The van der Waals surface area contributed by atoms with Gasteiger partial charge in [-0.2, -0.15) is 0 Å². The molecule has 8 heteroatoms. The third kappa shape index (κ3) is 4.95. The van der Waals surface area contributed by atoms with Crippen molar-refractivity contribution in [3.63, 3.8) is 0 Å². The summed E-state index contributed by atoms with van der Waals surface area (Å²) in [6.45, 7) is 2.19. The summed E-state index contributed by atoms with van der Waals surface area (Å²) in [6.07, 6.45) is 0.879. The zero-order valence-corrected chi connectivity index (χ0v) is 20.9. The summed E-state index contributed by atoms with van der Waals surface area (Å²) in [6, 6.07) is 12.3. The first kappa shape index (κ1) is 25.3. The standard InChI is InChI=1S/C28H31NO7/c1-16-25(28(32)36-12-11-33-2)26(17-5-8-20(30)9-6-17)27-21(29-16)13-19(14-22(27)31)18-7-10-23(34-3)24(15-18)35-4/h5-10,15,19,26,29-30H,11-14H2,1-4H3/t19-,26-/m0/s1. The molecule has 36 heavy (non-hydrogen) atoms. The Morgan fingerprint density at radius 2 is 1.67 bits per heavy atom. The molecule has 0 amide bonds. The maximum absolute atomic E-state index is 13.7. The highest BCUT2D eigenvalue weighted by Crippen LogP contribution is 2.46. The number of methoxy groups -OCH3 is 3. The van der Waals surface area contributed by atoms with Gasteiger partial charge in [-0.3, -0.25) is 4.79 Å². The molecule has 0 spiro atoms. The lowest BCUT2D eigenvalue weighted by Gasteiger charge is -2.36. The molecule has 2 aromatic rings. The minimum absolute atomic E-state index is 0.0451. The van der Waals surface area contributed by atoms with Gasteiger partial charge in [0.25, 0.3) is 0 Å². The number of aromatic hydroxyl groups is 1. The maximum atomic E-state index is 13.7. The summed E-state index contributed by atoms with van der Waals surface area (Å²) < 4.78 is 21.3. The lowest BCUT2D eigenvalue weighted by molar-refractivity contribution is -0.140. The Balaban J connectivity index is 1.73. The molecule has 2 aromatic carbocycles. The number of nitrogens with one attached hydrogen (secondary N) is 1. The van der Waals surface area contributed by atoms with Gasteiger partial charge in [0.05, 0.1) is 26.4 Å². The quantitative estimate of drug-likeness (QED) is 0.421. The second-order valence-electron chi connectivity index (χ2n) is 8.85. The summed E-state index contributed by atoms with van der Waals surface area (Å²) in [5.41, 5.74) is 4.07. The summed E-state index contributed by atoms with van der Waals surface area (Å²) in [5, 5.41) is 13.2. The Bertz CT molecular complexity index is 1210.